The molecule has 56 heavy (non-hydrogen) atoms. The van der Waals surface area contributed by atoms with Crippen LogP contribution in [0.1, 0.15) is 70.7 Å². The summed E-state index contributed by atoms with van der Waals surface area (Å²) in [6, 6.07) is 23.4. The molecule has 0 amide bonds. The van der Waals surface area contributed by atoms with Crippen molar-refractivity contribution in [2.75, 3.05) is 4.90 Å². The number of hydrogen-bond acceptors (Lipinski definition) is 3. The van der Waals surface area contributed by atoms with Gasteiger partial charge in [0, 0.05) is 28.1 Å². The van der Waals surface area contributed by atoms with E-state index in [-0.39, 0.29) is 12.0 Å². The molecule has 286 valence electrons. The molecule has 1 aliphatic rings. The zero-order chi connectivity index (χ0) is 39.9. The molecule has 0 bridgehead atoms. The summed E-state index contributed by atoms with van der Waals surface area (Å²) in [5.41, 5.74) is 23.4. The lowest BCUT2D eigenvalue weighted by Gasteiger charge is -2.29. The van der Waals surface area contributed by atoms with E-state index in [1.807, 2.05) is 49.4 Å². The molecule has 0 radical (unpaired) electrons. The Kier molecular flexibility index (Phi) is 15.1. The Labute approximate surface area is 335 Å². The summed E-state index contributed by atoms with van der Waals surface area (Å²) in [5.74, 6) is 0.178. The number of nitrogens with zero attached hydrogens (tertiary/aromatic N) is 2. The van der Waals surface area contributed by atoms with E-state index in [2.05, 4.69) is 183 Å². The Bertz CT molecular complexity index is 2310. The Hall–Kier alpha value is -6.10. The fourth-order valence-corrected chi connectivity index (χ4v) is 7.47. The van der Waals surface area contributed by atoms with Crippen LogP contribution in [-0.4, -0.2) is 10.6 Å². The molecule has 0 spiro atoms. The minimum Gasteiger partial charge on any atom is -0.398 e. The van der Waals surface area contributed by atoms with Crippen LogP contribution in [0.4, 0.5) is 5.69 Å². The first kappa shape index (κ1) is 41.1. The quantitative estimate of drug-likeness (QED) is 0.0889. The second-order valence-corrected chi connectivity index (χ2v) is 13.7. The van der Waals surface area contributed by atoms with Crippen LogP contribution in [0, 0.1) is 0 Å². The van der Waals surface area contributed by atoms with E-state index in [0.29, 0.717) is 12.1 Å². The van der Waals surface area contributed by atoms with Crippen molar-refractivity contribution in [3.8, 4) is 0 Å². The van der Waals surface area contributed by atoms with Crippen molar-refractivity contribution in [3.05, 3.63) is 217 Å². The smallest absolute Gasteiger partial charge is 0.101 e. The molecule has 5 rings (SSSR count). The average Bonchev–Trinajstić information content (AvgIpc) is 3.72. The number of anilines is 1. The molecule has 1 aliphatic heterocycles. The van der Waals surface area contributed by atoms with E-state index in [1.165, 1.54) is 22.0 Å². The molecular weight excluding hydrogens is 681 g/mol. The highest BCUT2D eigenvalue weighted by Gasteiger charge is 2.39. The minimum atomic E-state index is -0.413. The van der Waals surface area contributed by atoms with Crippen LogP contribution in [-0.2, 0) is 0 Å². The van der Waals surface area contributed by atoms with Gasteiger partial charge in [0.25, 0.3) is 0 Å². The van der Waals surface area contributed by atoms with E-state index < -0.39 is 6.17 Å². The second-order valence-electron chi connectivity index (χ2n) is 13.7. The average molecular weight is 739 g/mol. The molecule has 0 aliphatic carbocycles. The Balaban J connectivity index is 1.56. The Morgan fingerprint density at radius 3 is 2.29 bits per heavy atom. The fourth-order valence-electron chi connectivity index (χ4n) is 7.47. The summed E-state index contributed by atoms with van der Waals surface area (Å²) in [7, 11) is 0. The zero-order valence-corrected chi connectivity index (χ0v) is 33.7. The van der Waals surface area contributed by atoms with Crippen LogP contribution in [0.3, 0.4) is 0 Å². The molecule has 4 heteroatoms. The summed E-state index contributed by atoms with van der Waals surface area (Å²) < 4.78 is 2.31. The van der Waals surface area contributed by atoms with Crippen molar-refractivity contribution in [1.82, 2.24) is 4.57 Å². The highest BCUT2D eigenvalue weighted by Crippen LogP contribution is 2.50. The predicted molar refractivity (Wildman–Crippen MR) is 246 cm³/mol. The van der Waals surface area contributed by atoms with Gasteiger partial charge < -0.3 is 20.9 Å². The SMILES string of the molecule is C=CC(=C\C=C/CC)/C(/C=C(\N)c1ccccc1)=C/C/C=C/C=C\C(N)n1c2ccccc2c2ccc3c(c21)N(C(/C=C\C=C/C)=C/C)C(/C=C\C)C3/C=C\C. The van der Waals surface area contributed by atoms with E-state index in [9.17, 15) is 0 Å². The van der Waals surface area contributed by atoms with Crippen molar-refractivity contribution < 1.29 is 0 Å². The van der Waals surface area contributed by atoms with E-state index in [0.717, 1.165) is 39.9 Å². The molecule has 0 saturated heterocycles. The topological polar surface area (TPSA) is 60.2 Å². The van der Waals surface area contributed by atoms with E-state index in [1.54, 1.807) is 0 Å². The van der Waals surface area contributed by atoms with Gasteiger partial charge in [-0.2, -0.15) is 0 Å². The molecule has 3 atom stereocenters. The second kappa shape index (κ2) is 20.5. The molecule has 0 fully saturated rings. The van der Waals surface area contributed by atoms with Gasteiger partial charge in [-0.15, -0.1) is 0 Å². The van der Waals surface area contributed by atoms with Gasteiger partial charge in [0.05, 0.1) is 22.8 Å². The number of aromatic nitrogens is 1. The maximum atomic E-state index is 7.19. The van der Waals surface area contributed by atoms with Crippen molar-refractivity contribution in [1.29, 1.82) is 0 Å². The number of benzene rings is 3. The van der Waals surface area contributed by atoms with Crippen LogP contribution in [0.5, 0.6) is 0 Å². The normalized spacial score (nSPS) is 18.3. The number of allylic oxidation sites excluding steroid dienone is 18. The lowest BCUT2D eigenvalue weighted by atomic mass is 9.93. The van der Waals surface area contributed by atoms with Crippen molar-refractivity contribution in [2.45, 2.75) is 65.6 Å². The number of hydrogen-bond donors (Lipinski definition) is 2. The molecule has 3 aromatic carbocycles. The summed E-state index contributed by atoms with van der Waals surface area (Å²) in [6.45, 7) is 14.6. The summed E-state index contributed by atoms with van der Waals surface area (Å²) in [4.78, 5) is 2.50. The molecular formula is C52H58N4. The first-order chi connectivity index (χ1) is 27.4. The van der Waals surface area contributed by atoms with E-state index >= 15 is 0 Å². The lowest BCUT2D eigenvalue weighted by molar-refractivity contribution is 0.675. The highest BCUT2D eigenvalue weighted by atomic mass is 15.2. The molecule has 4 aromatic rings. The van der Waals surface area contributed by atoms with Gasteiger partial charge in [0.15, 0.2) is 0 Å². The first-order valence-corrected chi connectivity index (χ1v) is 19.8. The van der Waals surface area contributed by atoms with Crippen LogP contribution in [0.25, 0.3) is 27.5 Å². The van der Waals surface area contributed by atoms with Crippen molar-refractivity contribution in [2.24, 2.45) is 11.5 Å². The number of para-hydroxylation sites is 1. The van der Waals surface area contributed by atoms with Gasteiger partial charge in [-0.3, -0.25) is 0 Å². The highest BCUT2D eigenvalue weighted by molar-refractivity contribution is 6.14. The molecule has 4 nitrogen and oxygen atoms in total. The molecule has 2 heterocycles. The van der Waals surface area contributed by atoms with Crippen LogP contribution >= 0.6 is 0 Å². The number of nitrogens with two attached hydrogens (primary N) is 2. The molecule has 4 N–H and O–H groups in total. The fraction of sp³-hybridized carbons (Fsp3) is 0.192. The van der Waals surface area contributed by atoms with Gasteiger partial charge in [-0.25, -0.2) is 0 Å². The van der Waals surface area contributed by atoms with Gasteiger partial charge in [0.1, 0.15) is 6.17 Å². The van der Waals surface area contributed by atoms with Gasteiger partial charge in [0.2, 0.25) is 0 Å². The minimum absolute atomic E-state index is 0.106. The molecule has 1 aromatic heterocycles. The Morgan fingerprint density at radius 2 is 1.57 bits per heavy atom. The van der Waals surface area contributed by atoms with Crippen molar-refractivity contribution in [3.63, 3.8) is 0 Å². The monoisotopic (exact) mass is 738 g/mol. The van der Waals surface area contributed by atoms with Gasteiger partial charge in [-0.05, 0) is 87.1 Å². The summed E-state index contributed by atoms with van der Waals surface area (Å²) >= 11 is 0. The predicted octanol–water partition coefficient (Wildman–Crippen LogP) is 13.2. The third kappa shape index (κ3) is 9.22. The van der Waals surface area contributed by atoms with E-state index in [4.69, 9.17) is 11.5 Å². The van der Waals surface area contributed by atoms with Crippen LogP contribution in [0.15, 0.2) is 206 Å². The van der Waals surface area contributed by atoms with Crippen LogP contribution < -0.4 is 16.4 Å². The maximum absolute atomic E-state index is 7.19. The third-order valence-corrected chi connectivity index (χ3v) is 10.0. The third-order valence-electron chi connectivity index (χ3n) is 10.0. The van der Waals surface area contributed by atoms with Gasteiger partial charge >= 0.3 is 0 Å². The lowest BCUT2D eigenvalue weighted by Crippen LogP contribution is -2.31. The standard InChI is InChI=1S/C52H58N4/c1-7-13-18-28-39(11-5)41(38-47(53)40-29-21-17-22-30-40)31-20-15-16-23-35-50(54)56-49-34-25-24-33-44(49)46-37-36-45-43(26-9-3)48(27-10-4)55(51(45)52(46)56)42(12-6)32-19-14-8-2/h8-19,21-38,43,48,50H,5,7,20,53-54H2,1-4,6H3/b14-8-,16-15+,18-13-,26-9-,27-10-,32-19-,35-23-,39-28+,41-31+,42-12+,47-38-. The van der Waals surface area contributed by atoms with Crippen LogP contribution in [0.2, 0.25) is 0 Å². The largest absolute Gasteiger partial charge is 0.398 e. The van der Waals surface area contributed by atoms with Crippen molar-refractivity contribution >= 4 is 33.2 Å². The summed E-state index contributed by atoms with van der Waals surface area (Å²) in [5, 5.41) is 2.38. The summed E-state index contributed by atoms with van der Waals surface area (Å²) in [6.07, 6.45) is 41.7. The number of rotatable bonds is 16. The molecule has 0 saturated carbocycles. The van der Waals surface area contributed by atoms with Gasteiger partial charge in [-0.1, -0.05) is 171 Å². The Morgan fingerprint density at radius 1 is 0.804 bits per heavy atom. The zero-order valence-electron chi connectivity index (χ0n) is 33.7. The maximum Gasteiger partial charge on any atom is 0.101 e. The molecule has 3 unspecified atom stereocenters. The first-order valence-electron chi connectivity index (χ1n) is 19.8. The number of fused-ring (bicyclic) bond motifs is 5.